The fraction of sp³-hybridized carbons (Fsp3) is 0.294. The number of hydrogen-bond donors (Lipinski definition) is 1. The lowest BCUT2D eigenvalue weighted by atomic mass is 10.1. The largest absolute Gasteiger partial charge is 0.310 e. The van der Waals surface area contributed by atoms with Crippen molar-refractivity contribution >= 4 is 15.9 Å². The molecule has 2 aromatic carbocycles. The maximum absolute atomic E-state index is 12.5. The van der Waals surface area contributed by atoms with Crippen LogP contribution in [0.5, 0.6) is 0 Å². The van der Waals surface area contributed by atoms with E-state index in [9.17, 15) is 8.78 Å². The van der Waals surface area contributed by atoms with Crippen LogP contribution in [0.4, 0.5) is 8.78 Å². The average Bonchev–Trinajstić information content (AvgIpc) is 2.48. The molecule has 0 radical (unpaired) electrons. The van der Waals surface area contributed by atoms with Gasteiger partial charge in [-0.25, -0.2) is 8.78 Å². The Hall–Kier alpha value is -1.26. The highest BCUT2D eigenvalue weighted by molar-refractivity contribution is 9.10. The lowest BCUT2D eigenvalue weighted by Gasteiger charge is -2.14. The Kier molecular flexibility index (Phi) is 5.88. The van der Waals surface area contributed by atoms with Gasteiger partial charge in [0.15, 0.2) is 0 Å². The Morgan fingerprint density at radius 2 is 1.52 bits per heavy atom. The van der Waals surface area contributed by atoms with Crippen molar-refractivity contribution in [3.05, 3.63) is 69.7 Å². The van der Waals surface area contributed by atoms with Gasteiger partial charge in [-0.1, -0.05) is 52.3 Å². The highest BCUT2D eigenvalue weighted by Crippen LogP contribution is 2.18. The summed E-state index contributed by atoms with van der Waals surface area (Å²) in [5.41, 5.74) is 2.36. The molecule has 1 unspecified atom stereocenters. The molecule has 0 spiro atoms. The molecule has 0 saturated carbocycles. The Morgan fingerprint density at radius 3 is 2.10 bits per heavy atom. The predicted octanol–water partition coefficient (Wildman–Crippen LogP) is 5.11. The van der Waals surface area contributed by atoms with Crippen molar-refractivity contribution in [2.75, 3.05) is 0 Å². The zero-order chi connectivity index (χ0) is 15.2. The minimum absolute atomic E-state index is 0.0710. The molecular weight excluding hydrogens is 336 g/mol. The van der Waals surface area contributed by atoms with Crippen LogP contribution < -0.4 is 5.32 Å². The zero-order valence-corrected chi connectivity index (χ0v) is 13.4. The molecule has 1 nitrogen and oxygen atoms in total. The normalized spacial score (nSPS) is 12.6. The second-order valence-corrected chi connectivity index (χ2v) is 6.07. The number of halogens is 3. The number of rotatable bonds is 6. The molecular formula is C17H18BrF2N. The summed E-state index contributed by atoms with van der Waals surface area (Å²) in [6.45, 7) is 2.80. The number of alkyl halides is 2. The first-order chi connectivity index (χ1) is 10.0. The van der Waals surface area contributed by atoms with Crippen LogP contribution in [0.1, 0.15) is 30.0 Å². The van der Waals surface area contributed by atoms with E-state index in [2.05, 4.69) is 40.3 Å². The Morgan fingerprint density at radius 1 is 0.952 bits per heavy atom. The molecule has 0 aliphatic rings. The quantitative estimate of drug-likeness (QED) is 0.760. The lowest BCUT2D eigenvalue weighted by molar-refractivity contribution is 0.151. The molecule has 0 heterocycles. The van der Waals surface area contributed by atoms with Gasteiger partial charge in [0, 0.05) is 22.6 Å². The first-order valence-electron chi connectivity index (χ1n) is 6.89. The molecule has 1 atom stereocenters. The molecule has 0 fully saturated rings. The Bertz CT molecular complexity index is 552. The average molecular weight is 354 g/mol. The SMILES string of the molecule is CC(Cc1ccc(Br)cc1)NCc1ccc(C(F)F)cc1. The third-order valence-electron chi connectivity index (χ3n) is 3.34. The maximum atomic E-state index is 12.5. The van der Waals surface area contributed by atoms with E-state index in [4.69, 9.17) is 0 Å². The standard InChI is InChI=1S/C17H18BrF2N/c1-12(10-13-4-8-16(18)9-5-13)21-11-14-2-6-15(7-3-14)17(19)20/h2-9,12,17,21H,10-11H2,1H3. The molecule has 0 amide bonds. The summed E-state index contributed by atoms with van der Waals surface area (Å²) in [4.78, 5) is 0. The van der Waals surface area contributed by atoms with Gasteiger partial charge in [-0.3, -0.25) is 0 Å². The van der Waals surface area contributed by atoms with E-state index in [1.165, 1.54) is 17.7 Å². The second-order valence-electron chi connectivity index (χ2n) is 5.15. The molecule has 2 rings (SSSR count). The van der Waals surface area contributed by atoms with Crippen LogP contribution >= 0.6 is 15.9 Å². The van der Waals surface area contributed by atoms with Crippen molar-refractivity contribution in [2.45, 2.75) is 32.4 Å². The molecule has 0 aliphatic carbocycles. The highest BCUT2D eigenvalue weighted by atomic mass is 79.9. The lowest BCUT2D eigenvalue weighted by Crippen LogP contribution is -2.27. The Balaban J connectivity index is 1.83. The third-order valence-corrected chi connectivity index (χ3v) is 3.87. The van der Waals surface area contributed by atoms with E-state index in [0.717, 1.165) is 16.5 Å². The van der Waals surface area contributed by atoms with E-state index in [1.807, 2.05) is 12.1 Å². The molecule has 0 aliphatic heterocycles. The van der Waals surface area contributed by atoms with Crippen LogP contribution in [-0.2, 0) is 13.0 Å². The van der Waals surface area contributed by atoms with Crippen LogP contribution in [0.3, 0.4) is 0 Å². The van der Waals surface area contributed by atoms with Crippen molar-refractivity contribution in [2.24, 2.45) is 0 Å². The summed E-state index contributed by atoms with van der Waals surface area (Å²) in [5.74, 6) is 0. The second kappa shape index (κ2) is 7.66. The molecule has 21 heavy (non-hydrogen) atoms. The van der Waals surface area contributed by atoms with Crippen LogP contribution in [0.25, 0.3) is 0 Å². The first kappa shape index (κ1) is 16.1. The van der Waals surface area contributed by atoms with Gasteiger partial charge in [-0.05, 0) is 36.6 Å². The van der Waals surface area contributed by atoms with Gasteiger partial charge in [0.2, 0.25) is 0 Å². The summed E-state index contributed by atoms with van der Waals surface area (Å²) >= 11 is 3.42. The highest BCUT2D eigenvalue weighted by Gasteiger charge is 2.07. The summed E-state index contributed by atoms with van der Waals surface area (Å²) in [6, 6.07) is 15.1. The summed E-state index contributed by atoms with van der Waals surface area (Å²) in [7, 11) is 0. The van der Waals surface area contributed by atoms with Crippen molar-refractivity contribution in [3.8, 4) is 0 Å². The summed E-state index contributed by atoms with van der Waals surface area (Å²) < 4.78 is 26.0. The molecule has 0 bridgehead atoms. The fourth-order valence-corrected chi connectivity index (χ4v) is 2.38. The minimum Gasteiger partial charge on any atom is -0.310 e. The van der Waals surface area contributed by atoms with Crippen LogP contribution in [-0.4, -0.2) is 6.04 Å². The van der Waals surface area contributed by atoms with Gasteiger partial charge >= 0.3 is 0 Å². The van der Waals surface area contributed by atoms with Gasteiger partial charge in [0.1, 0.15) is 0 Å². The fourth-order valence-electron chi connectivity index (χ4n) is 2.12. The first-order valence-corrected chi connectivity index (χ1v) is 7.68. The van der Waals surface area contributed by atoms with Gasteiger partial charge in [0.25, 0.3) is 6.43 Å². The molecule has 1 N–H and O–H groups in total. The Labute approximate surface area is 132 Å². The monoisotopic (exact) mass is 353 g/mol. The van der Waals surface area contributed by atoms with Gasteiger partial charge in [-0.15, -0.1) is 0 Å². The van der Waals surface area contributed by atoms with E-state index in [0.29, 0.717) is 12.6 Å². The van der Waals surface area contributed by atoms with E-state index >= 15 is 0 Å². The zero-order valence-electron chi connectivity index (χ0n) is 11.8. The maximum Gasteiger partial charge on any atom is 0.263 e. The summed E-state index contributed by atoms with van der Waals surface area (Å²) in [5, 5.41) is 3.41. The van der Waals surface area contributed by atoms with Gasteiger partial charge < -0.3 is 5.32 Å². The molecule has 2 aromatic rings. The number of hydrogen-bond acceptors (Lipinski definition) is 1. The topological polar surface area (TPSA) is 12.0 Å². The third kappa shape index (κ3) is 5.21. The number of benzene rings is 2. The molecule has 112 valence electrons. The van der Waals surface area contributed by atoms with Crippen molar-refractivity contribution in [1.82, 2.24) is 5.32 Å². The predicted molar refractivity (Wildman–Crippen MR) is 85.5 cm³/mol. The minimum atomic E-state index is -2.40. The van der Waals surface area contributed by atoms with Crippen LogP contribution in [0.15, 0.2) is 53.0 Å². The smallest absolute Gasteiger partial charge is 0.263 e. The van der Waals surface area contributed by atoms with E-state index in [1.54, 1.807) is 12.1 Å². The van der Waals surface area contributed by atoms with Gasteiger partial charge in [0.05, 0.1) is 0 Å². The number of nitrogens with one attached hydrogen (secondary N) is 1. The van der Waals surface area contributed by atoms with Crippen LogP contribution in [0.2, 0.25) is 0 Å². The molecule has 0 saturated heterocycles. The van der Waals surface area contributed by atoms with Crippen molar-refractivity contribution < 1.29 is 8.78 Å². The molecule has 4 heteroatoms. The molecule has 0 aromatic heterocycles. The van der Waals surface area contributed by atoms with E-state index < -0.39 is 6.43 Å². The van der Waals surface area contributed by atoms with Crippen LogP contribution in [0, 0.1) is 0 Å². The van der Waals surface area contributed by atoms with Crippen molar-refractivity contribution in [1.29, 1.82) is 0 Å². The van der Waals surface area contributed by atoms with Crippen molar-refractivity contribution in [3.63, 3.8) is 0 Å². The van der Waals surface area contributed by atoms with E-state index in [-0.39, 0.29) is 5.56 Å². The summed E-state index contributed by atoms with van der Waals surface area (Å²) in [6.07, 6.45) is -1.47. The van der Waals surface area contributed by atoms with Gasteiger partial charge in [-0.2, -0.15) is 0 Å².